The lowest BCUT2D eigenvalue weighted by molar-refractivity contribution is 0.543. The van der Waals surface area contributed by atoms with Crippen molar-refractivity contribution in [2.45, 2.75) is 44.4 Å². The summed E-state index contributed by atoms with van der Waals surface area (Å²) < 4.78 is 13.7. The Balaban J connectivity index is 2.72. The van der Waals surface area contributed by atoms with Gasteiger partial charge < -0.3 is 5.32 Å². The summed E-state index contributed by atoms with van der Waals surface area (Å²) >= 11 is 1.60. The van der Waals surface area contributed by atoms with Gasteiger partial charge in [0.1, 0.15) is 5.82 Å². The number of nitrogens with one attached hydrogen (secondary N) is 1. The largest absolute Gasteiger partial charge is 0.312 e. The predicted octanol–water partition coefficient (Wildman–Crippen LogP) is 4.07. The monoisotopic (exact) mass is 255 g/mol. The molecular formula is C14H22FNS. The molecule has 0 aromatic heterocycles. The fourth-order valence-electron chi connectivity index (χ4n) is 1.56. The standard InChI is InChI=1S/C14H22FNS/c1-10(2)8-16-9-12-6-5-7-13(15)14(12)17-11(3)4/h5-7,10-11,16H,8-9H2,1-4H3. The number of thioether (sulfide) groups is 1. The summed E-state index contributed by atoms with van der Waals surface area (Å²) in [6.45, 7) is 10.2. The quantitative estimate of drug-likeness (QED) is 0.769. The van der Waals surface area contributed by atoms with Crippen molar-refractivity contribution in [3.8, 4) is 0 Å². The van der Waals surface area contributed by atoms with Gasteiger partial charge in [-0.05, 0) is 24.1 Å². The molecule has 0 aliphatic carbocycles. The van der Waals surface area contributed by atoms with Crippen LogP contribution in [-0.4, -0.2) is 11.8 Å². The van der Waals surface area contributed by atoms with E-state index in [2.05, 4.69) is 33.0 Å². The number of benzene rings is 1. The Kier molecular flexibility index (Phi) is 6.00. The molecule has 0 spiro atoms. The fourth-order valence-corrected chi connectivity index (χ4v) is 2.50. The van der Waals surface area contributed by atoms with Crippen LogP contribution in [0.1, 0.15) is 33.3 Å². The number of rotatable bonds is 6. The van der Waals surface area contributed by atoms with E-state index in [1.54, 1.807) is 17.8 Å². The topological polar surface area (TPSA) is 12.0 Å². The Morgan fingerprint density at radius 1 is 1.24 bits per heavy atom. The van der Waals surface area contributed by atoms with Crippen LogP contribution >= 0.6 is 11.8 Å². The van der Waals surface area contributed by atoms with Gasteiger partial charge in [0.05, 0.1) is 0 Å². The lowest BCUT2D eigenvalue weighted by Gasteiger charge is -2.13. The molecule has 0 amide bonds. The van der Waals surface area contributed by atoms with Crippen molar-refractivity contribution in [2.24, 2.45) is 5.92 Å². The third-order valence-corrected chi connectivity index (χ3v) is 3.43. The van der Waals surface area contributed by atoms with Gasteiger partial charge in [0.25, 0.3) is 0 Å². The van der Waals surface area contributed by atoms with E-state index in [0.29, 0.717) is 11.2 Å². The van der Waals surface area contributed by atoms with Crippen LogP contribution in [0.15, 0.2) is 23.1 Å². The second kappa shape index (κ2) is 7.02. The van der Waals surface area contributed by atoms with Gasteiger partial charge in [-0.15, -0.1) is 11.8 Å². The maximum Gasteiger partial charge on any atom is 0.137 e. The van der Waals surface area contributed by atoms with Gasteiger partial charge in [-0.25, -0.2) is 4.39 Å². The van der Waals surface area contributed by atoms with Crippen molar-refractivity contribution in [1.82, 2.24) is 5.32 Å². The molecular weight excluding hydrogens is 233 g/mol. The number of hydrogen-bond acceptors (Lipinski definition) is 2. The number of hydrogen-bond donors (Lipinski definition) is 1. The Bertz CT molecular complexity index is 350. The van der Waals surface area contributed by atoms with E-state index in [0.717, 1.165) is 23.5 Å². The van der Waals surface area contributed by atoms with Crippen LogP contribution in [0.5, 0.6) is 0 Å². The van der Waals surface area contributed by atoms with Gasteiger partial charge in [-0.1, -0.05) is 39.8 Å². The van der Waals surface area contributed by atoms with Crippen LogP contribution in [0, 0.1) is 11.7 Å². The zero-order chi connectivity index (χ0) is 12.8. The molecule has 0 bridgehead atoms. The first-order chi connectivity index (χ1) is 8.00. The molecule has 0 unspecified atom stereocenters. The third-order valence-electron chi connectivity index (χ3n) is 2.27. The molecule has 17 heavy (non-hydrogen) atoms. The zero-order valence-electron chi connectivity index (χ0n) is 11.1. The van der Waals surface area contributed by atoms with Crippen LogP contribution in [-0.2, 0) is 6.54 Å². The normalized spacial score (nSPS) is 11.5. The molecule has 0 saturated heterocycles. The third kappa shape index (κ3) is 5.09. The van der Waals surface area contributed by atoms with Gasteiger partial charge in [0.15, 0.2) is 0 Å². The molecule has 0 aliphatic heterocycles. The Morgan fingerprint density at radius 3 is 2.53 bits per heavy atom. The maximum atomic E-state index is 13.7. The summed E-state index contributed by atoms with van der Waals surface area (Å²) in [5.41, 5.74) is 1.06. The van der Waals surface area contributed by atoms with Gasteiger partial charge in [0.2, 0.25) is 0 Å². The highest BCUT2D eigenvalue weighted by Crippen LogP contribution is 2.29. The number of halogens is 1. The molecule has 1 aromatic rings. The highest BCUT2D eigenvalue weighted by molar-refractivity contribution is 8.00. The summed E-state index contributed by atoms with van der Waals surface area (Å²) in [5, 5.41) is 3.76. The summed E-state index contributed by atoms with van der Waals surface area (Å²) in [5.74, 6) is 0.511. The first kappa shape index (κ1) is 14.5. The molecule has 1 N–H and O–H groups in total. The van der Waals surface area contributed by atoms with Crippen molar-refractivity contribution in [1.29, 1.82) is 0 Å². The van der Waals surface area contributed by atoms with Gasteiger partial charge in [-0.3, -0.25) is 0 Å². The van der Waals surface area contributed by atoms with Gasteiger partial charge >= 0.3 is 0 Å². The van der Waals surface area contributed by atoms with E-state index in [4.69, 9.17) is 0 Å². The summed E-state index contributed by atoms with van der Waals surface area (Å²) in [4.78, 5) is 0.791. The van der Waals surface area contributed by atoms with Crippen LogP contribution < -0.4 is 5.32 Å². The average molecular weight is 255 g/mol. The second-order valence-electron chi connectivity index (χ2n) is 4.92. The van der Waals surface area contributed by atoms with Crippen LogP contribution in [0.4, 0.5) is 4.39 Å². The lowest BCUT2D eigenvalue weighted by atomic mass is 10.2. The van der Waals surface area contributed by atoms with Crippen LogP contribution in [0.2, 0.25) is 0 Å². The Hall–Kier alpha value is -0.540. The van der Waals surface area contributed by atoms with Crippen molar-refractivity contribution in [3.05, 3.63) is 29.6 Å². The molecule has 1 aromatic carbocycles. The van der Waals surface area contributed by atoms with Gasteiger partial charge in [0, 0.05) is 16.7 Å². The highest BCUT2D eigenvalue weighted by atomic mass is 32.2. The van der Waals surface area contributed by atoms with E-state index in [-0.39, 0.29) is 5.82 Å². The molecule has 0 saturated carbocycles. The molecule has 0 atom stereocenters. The minimum atomic E-state index is -0.104. The summed E-state index contributed by atoms with van der Waals surface area (Å²) in [6.07, 6.45) is 0. The zero-order valence-corrected chi connectivity index (χ0v) is 11.9. The van der Waals surface area contributed by atoms with E-state index >= 15 is 0 Å². The van der Waals surface area contributed by atoms with Crippen LogP contribution in [0.25, 0.3) is 0 Å². The van der Waals surface area contributed by atoms with E-state index in [9.17, 15) is 4.39 Å². The SMILES string of the molecule is CC(C)CNCc1cccc(F)c1SC(C)C. The minimum Gasteiger partial charge on any atom is -0.312 e. The average Bonchev–Trinajstić information content (AvgIpc) is 2.22. The Labute approximate surface area is 108 Å². The summed E-state index contributed by atoms with van der Waals surface area (Å²) in [7, 11) is 0. The molecule has 0 aliphatic rings. The molecule has 0 fully saturated rings. The molecule has 0 radical (unpaired) electrons. The maximum absolute atomic E-state index is 13.7. The smallest absolute Gasteiger partial charge is 0.137 e. The van der Waals surface area contributed by atoms with Crippen molar-refractivity contribution >= 4 is 11.8 Å². The van der Waals surface area contributed by atoms with E-state index < -0.39 is 0 Å². The predicted molar refractivity (Wildman–Crippen MR) is 73.9 cm³/mol. The van der Waals surface area contributed by atoms with Crippen molar-refractivity contribution < 1.29 is 4.39 Å². The van der Waals surface area contributed by atoms with Gasteiger partial charge in [-0.2, -0.15) is 0 Å². The molecule has 0 heterocycles. The minimum absolute atomic E-state index is 0.104. The first-order valence-corrected chi connectivity index (χ1v) is 7.03. The van der Waals surface area contributed by atoms with E-state index in [1.165, 1.54) is 6.07 Å². The van der Waals surface area contributed by atoms with Crippen LogP contribution in [0.3, 0.4) is 0 Å². The molecule has 1 nitrogen and oxygen atoms in total. The molecule has 1 rings (SSSR count). The van der Waals surface area contributed by atoms with Crippen molar-refractivity contribution in [2.75, 3.05) is 6.54 Å². The fraction of sp³-hybridized carbons (Fsp3) is 0.571. The van der Waals surface area contributed by atoms with Crippen molar-refractivity contribution in [3.63, 3.8) is 0 Å². The summed E-state index contributed by atoms with van der Waals surface area (Å²) in [6, 6.07) is 5.32. The first-order valence-electron chi connectivity index (χ1n) is 6.15. The molecule has 96 valence electrons. The second-order valence-corrected chi connectivity index (χ2v) is 6.51. The highest BCUT2D eigenvalue weighted by Gasteiger charge is 2.10. The lowest BCUT2D eigenvalue weighted by Crippen LogP contribution is -2.19. The molecule has 3 heteroatoms. The Morgan fingerprint density at radius 2 is 1.94 bits per heavy atom. The van der Waals surface area contributed by atoms with E-state index in [1.807, 2.05) is 6.07 Å².